The van der Waals surface area contributed by atoms with Gasteiger partial charge >= 0.3 is 0 Å². The third-order valence-corrected chi connectivity index (χ3v) is 4.67. The second kappa shape index (κ2) is 10.8. The molecule has 0 spiro atoms. The van der Waals surface area contributed by atoms with Crippen molar-refractivity contribution in [2.75, 3.05) is 47.1 Å². The summed E-state index contributed by atoms with van der Waals surface area (Å²) in [7, 11) is 3.20. The Bertz CT molecular complexity index is 635. The number of nitrogens with zero attached hydrogens (tertiary/aromatic N) is 1. The van der Waals surface area contributed by atoms with Gasteiger partial charge in [0.15, 0.2) is 11.5 Å². The molecule has 0 radical (unpaired) electrons. The number of carbonyl (C=O) groups is 2. The SMILES string of the molecule is CCOCCCNC(=O)[C@H]1CC(=O)N(CCc2ccc(OC)c(OC)c2)C1. The lowest BCUT2D eigenvalue weighted by atomic mass is 10.1. The van der Waals surface area contributed by atoms with Gasteiger partial charge in [-0.1, -0.05) is 6.07 Å². The maximum Gasteiger partial charge on any atom is 0.225 e. The van der Waals surface area contributed by atoms with Crippen molar-refractivity contribution in [1.29, 1.82) is 0 Å². The number of likely N-dealkylation sites (tertiary alicyclic amines) is 1. The van der Waals surface area contributed by atoms with Gasteiger partial charge in [0.25, 0.3) is 0 Å². The molecule has 27 heavy (non-hydrogen) atoms. The molecule has 2 rings (SSSR count). The van der Waals surface area contributed by atoms with Crippen LogP contribution in [0, 0.1) is 5.92 Å². The van der Waals surface area contributed by atoms with Crippen LogP contribution < -0.4 is 14.8 Å². The molecule has 1 saturated heterocycles. The maximum absolute atomic E-state index is 12.2. The molecule has 1 fully saturated rings. The lowest BCUT2D eigenvalue weighted by molar-refractivity contribution is -0.129. The highest BCUT2D eigenvalue weighted by Crippen LogP contribution is 2.28. The molecule has 1 aromatic carbocycles. The maximum atomic E-state index is 12.2. The van der Waals surface area contributed by atoms with Gasteiger partial charge in [-0.05, 0) is 37.5 Å². The van der Waals surface area contributed by atoms with Crippen LogP contribution in [0.5, 0.6) is 11.5 Å². The number of nitrogens with one attached hydrogen (secondary N) is 1. The third kappa shape index (κ3) is 6.13. The molecule has 0 aromatic heterocycles. The molecular weight excluding hydrogens is 348 g/mol. The van der Waals surface area contributed by atoms with Gasteiger partial charge in [-0.3, -0.25) is 9.59 Å². The Labute approximate surface area is 161 Å². The molecule has 1 N–H and O–H groups in total. The largest absolute Gasteiger partial charge is 0.493 e. The van der Waals surface area contributed by atoms with E-state index >= 15 is 0 Å². The van der Waals surface area contributed by atoms with Gasteiger partial charge in [0.1, 0.15) is 0 Å². The van der Waals surface area contributed by atoms with E-state index in [0.717, 1.165) is 12.0 Å². The molecule has 7 nitrogen and oxygen atoms in total. The fraction of sp³-hybridized carbons (Fsp3) is 0.600. The summed E-state index contributed by atoms with van der Waals surface area (Å²) in [6, 6.07) is 5.74. The topological polar surface area (TPSA) is 77.1 Å². The molecule has 7 heteroatoms. The van der Waals surface area contributed by atoms with E-state index < -0.39 is 0 Å². The van der Waals surface area contributed by atoms with Crippen LogP contribution in [0.25, 0.3) is 0 Å². The Morgan fingerprint density at radius 1 is 1.26 bits per heavy atom. The molecule has 0 saturated carbocycles. The van der Waals surface area contributed by atoms with Crippen LogP contribution in [0.15, 0.2) is 18.2 Å². The minimum Gasteiger partial charge on any atom is -0.493 e. The predicted octanol–water partition coefficient (Wildman–Crippen LogP) is 1.64. The highest BCUT2D eigenvalue weighted by molar-refractivity contribution is 5.89. The van der Waals surface area contributed by atoms with Gasteiger partial charge < -0.3 is 24.4 Å². The number of carbonyl (C=O) groups excluding carboxylic acids is 2. The van der Waals surface area contributed by atoms with Crippen molar-refractivity contribution in [3.8, 4) is 11.5 Å². The van der Waals surface area contributed by atoms with Gasteiger partial charge in [-0.15, -0.1) is 0 Å². The molecule has 1 aliphatic rings. The first-order valence-electron chi connectivity index (χ1n) is 9.43. The number of methoxy groups -OCH3 is 2. The molecule has 0 bridgehead atoms. The predicted molar refractivity (Wildman–Crippen MR) is 102 cm³/mol. The van der Waals surface area contributed by atoms with Crippen molar-refractivity contribution in [2.45, 2.75) is 26.2 Å². The van der Waals surface area contributed by atoms with Gasteiger partial charge in [-0.25, -0.2) is 0 Å². The summed E-state index contributed by atoms with van der Waals surface area (Å²) in [5.74, 6) is 1.07. The highest BCUT2D eigenvalue weighted by atomic mass is 16.5. The summed E-state index contributed by atoms with van der Waals surface area (Å²) in [5.41, 5.74) is 1.06. The van der Waals surface area contributed by atoms with Crippen molar-refractivity contribution in [3.05, 3.63) is 23.8 Å². The smallest absolute Gasteiger partial charge is 0.225 e. The summed E-state index contributed by atoms with van der Waals surface area (Å²) in [5, 5.41) is 2.90. The normalized spacial score (nSPS) is 16.5. The zero-order chi connectivity index (χ0) is 19.6. The van der Waals surface area contributed by atoms with E-state index in [1.807, 2.05) is 25.1 Å². The van der Waals surface area contributed by atoms with E-state index in [0.29, 0.717) is 50.8 Å². The lowest BCUT2D eigenvalue weighted by Crippen LogP contribution is -2.34. The van der Waals surface area contributed by atoms with Crippen LogP contribution >= 0.6 is 0 Å². The number of hydrogen-bond acceptors (Lipinski definition) is 5. The first-order chi connectivity index (χ1) is 13.1. The standard InChI is InChI=1S/C20H30N2O5/c1-4-27-11-5-9-21-20(24)16-13-19(23)22(14-16)10-8-15-6-7-17(25-2)18(12-15)26-3/h6-7,12,16H,4-5,8-11,13-14H2,1-3H3,(H,21,24)/t16-/m0/s1. The van der Waals surface area contributed by atoms with Crippen LogP contribution in [0.1, 0.15) is 25.3 Å². The van der Waals surface area contributed by atoms with Crippen molar-refractivity contribution in [2.24, 2.45) is 5.92 Å². The van der Waals surface area contributed by atoms with Crippen LogP contribution in [0.2, 0.25) is 0 Å². The first kappa shape index (κ1) is 21.0. The fourth-order valence-electron chi connectivity index (χ4n) is 3.14. The second-order valence-corrected chi connectivity index (χ2v) is 6.52. The Morgan fingerprint density at radius 2 is 2.04 bits per heavy atom. The average molecular weight is 378 g/mol. The fourth-order valence-corrected chi connectivity index (χ4v) is 3.14. The Balaban J connectivity index is 1.79. The van der Waals surface area contributed by atoms with E-state index in [9.17, 15) is 9.59 Å². The number of amides is 2. The zero-order valence-electron chi connectivity index (χ0n) is 16.5. The van der Waals surface area contributed by atoms with Crippen molar-refractivity contribution in [3.63, 3.8) is 0 Å². The van der Waals surface area contributed by atoms with Crippen molar-refractivity contribution in [1.82, 2.24) is 10.2 Å². The van der Waals surface area contributed by atoms with E-state index in [2.05, 4.69) is 5.32 Å². The first-order valence-corrected chi connectivity index (χ1v) is 9.43. The highest BCUT2D eigenvalue weighted by Gasteiger charge is 2.33. The van der Waals surface area contributed by atoms with Crippen LogP contribution in [-0.2, 0) is 20.7 Å². The van der Waals surface area contributed by atoms with Gasteiger partial charge in [0.05, 0.1) is 20.1 Å². The van der Waals surface area contributed by atoms with E-state index in [1.54, 1.807) is 19.1 Å². The van der Waals surface area contributed by atoms with Gasteiger partial charge in [0.2, 0.25) is 11.8 Å². The molecule has 1 heterocycles. The molecule has 0 unspecified atom stereocenters. The van der Waals surface area contributed by atoms with E-state index in [4.69, 9.17) is 14.2 Å². The van der Waals surface area contributed by atoms with Gasteiger partial charge in [0, 0.05) is 39.3 Å². The quantitative estimate of drug-likeness (QED) is 0.593. The number of rotatable bonds is 11. The van der Waals surface area contributed by atoms with E-state index in [1.165, 1.54) is 0 Å². The Kier molecular flexibility index (Phi) is 8.39. The summed E-state index contributed by atoms with van der Waals surface area (Å²) in [6.07, 6.45) is 1.77. The zero-order valence-corrected chi connectivity index (χ0v) is 16.5. The van der Waals surface area contributed by atoms with Gasteiger partial charge in [-0.2, -0.15) is 0 Å². The lowest BCUT2D eigenvalue weighted by Gasteiger charge is -2.17. The second-order valence-electron chi connectivity index (χ2n) is 6.52. The van der Waals surface area contributed by atoms with Crippen LogP contribution in [0.4, 0.5) is 0 Å². The summed E-state index contributed by atoms with van der Waals surface area (Å²) in [4.78, 5) is 26.2. The molecule has 0 aliphatic carbocycles. The van der Waals surface area contributed by atoms with Crippen LogP contribution in [0.3, 0.4) is 0 Å². The summed E-state index contributed by atoms with van der Waals surface area (Å²) >= 11 is 0. The monoisotopic (exact) mass is 378 g/mol. The Morgan fingerprint density at radius 3 is 2.74 bits per heavy atom. The average Bonchev–Trinajstić information content (AvgIpc) is 3.06. The number of ether oxygens (including phenoxy) is 3. The van der Waals surface area contributed by atoms with Crippen molar-refractivity contribution < 1.29 is 23.8 Å². The van der Waals surface area contributed by atoms with E-state index in [-0.39, 0.29) is 24.2 Å². The van der Waals surface area contributed by atoms with Crippen molar-refractivity contribution >= 4 is 11.8 Å². The number of benzene rings is 1. The summed E-state index contributed by atoms with van der Waals surface area (Å²) in [6.45, 7) is 4.90. The molecule has 1 atom stereocenters. The van der Waals surface area contributed by atoms with Crippen LogP contribution in [-0.4, -0.2) is 63.8 Å². The molecular formula is C20H30N2O5. The molecule has 150 valence electrons. The minimum absolute atomic E-state index is 0.0324. The third-order valence-electron chi connectivity index (χ3n) is 4.67. The molecule has 1 aromatic rings. The summed E-state index contributed by atoms with van der Waals surface area (Å²) < 4.78 is 15.8. The number of hydrogen-bond donors (Lipinski definition) is 1. The Hall–Kier alpha value is -2.28. The minimum atomic E-state index is -0.269. The molecule has 2 amide bonds. The molecule has 1 aliphatic heterocycles.